The van der Waals surface area contributed by atoms with Crippen LogP contribution >= 0.6 is 8.45 Å². The molecule has 3 nitrogen and oxygen atoms in total. The molecule has 96 valence electrons. The molecule has 1 fully saturated rings. The van der Waals surface area contributed by atoms with Gasteiger partial charge in [0.25, 0.3) is 0 Å². The van der Waals surface area contributed by atoms with Crippen molar-refractivity contribution in [3.63, 3.8) is 0 Å². The minimum atomic E-state index is -1.63. The highest BCUT2D eigenvalue weighted by molar-refractivity contribution is 7.49. The van der Waals surface area contributed by atoms with Gasteiger partial charge in [0, 0.05) is 13.1 Å². The third-order valence-electron chi connectivity index (χ3n) is 3.66. The Morgan fingerprint density at radius 1 is 1.06 bits per heavy atom. The van der Waals surface area contributed by atoms with Crippen LogP contribution in [-0.2, 0) is 4.21 Å². The molecule has 1 aliphatic heterocycles. The molecule has 0 aromatic rings. The molecule has 5 heteroatoms. The van der Waals surface area contributed by atoms with Crippen molar-refractivity contribution in [2.24, 2.45) is 0 Å². The second-order valence-corrected chi connectivity index (χ2v) is 13.3. The van der Waals surface area contributed by atoms with E-state index in [1.54, 1.807) is 0 Å². The zero-order chi connectivity index (χ0) is 12.6. The van der Waals surface area contributed by atoms with Gasteiger partial charge < -0.3 is 4.21 Å². The van der Waals surface area contributed by atoms with Gasteiger partial charge in [-0.25, -0.2) is 0 Å². The second kappa shape index (κ2) is 5.03. The van der Waals surface area contributed by atoms with Crippen LogP contribution in [-0.4, -0.2) is 44.8 Å². The van der Waals surface area contributed by atoms with E-state index in [0.29, 0.717) is 5.04 Å². The fraction of sp³-hybridized carbons (Fsp3) is 1.00. The average Bonchev–Trinajstić information content (AvgIpc) is 2.10. The van der Waals surface area contributed by atoms with E-state index >= 15 is 0 Å². The Kier molecular flexibility index (Phi) is 4.58. The Balaban J connectivity index is 2.71. The molecule has 0 bridgehead atoms. The summed E-state index contributed by atoms with van der Waals surface area (Å²) in [5.74, 6) is 0. The van der Waals surface area contributed by atoms with Crippen LogP contribution in [0.2, 0.25) is 18.1 Å². The van der Waals surface area contributed by atoms with Crippen LogP contribution in [0.5, 0.6) is 0 Å². The predicted octanol–water partition coefficient (Wildman–Crippen LogP) is 3.50. The monoisotopic (exact) mass is 262 g/mol. The highest BCUT2D eigenvalue weighted by Gasteiger charge is 2.42. The van der Waals surface area contributed by atoms with Gasteiger partial charge in [-0.15, -0.1) is 0 Å². The van der Waals surface area contributed by atoms with Gasteiger partial charge in [-0.3, -0.25) is 9.34 Å². The Bertz CT molecular complexity index is 233. The molecule has 1 heterocycles. The lowest BCUT2D eigenvalue weighted by molar-refractivity contribution is 0.325. The zero-order valence-electron chi connectivity index (χ0n) is 11.9. The van der Waals surface area contributed by atoms with Crippen LogP contribution in [0, 0.1) is 0 Å². The lowest BCUT2D eigenvalue weighted by Gasteiger charge is -2.45. The number of hydrogen-bond donors (Lipinski definition) is 0. The number of rotatable bonds is 2. The highest BCUT2D eigenvalue weighted by Crippen LogP contribution is 2.52. The molecule has 0 aromatic carbocycles. The first-order chi connectivity index (χ1) is 7.15. The quantitative estimate of drug-likeness (QED) is 0.559. The highest BCUT2D eigenvalue weighted by atomic mass is 31.2. The fourth-order valence-corrected chi connectivity index (χ4v) is 6.43. The molecule has 16 heavy (non-hydrogen) atoms. The summed E-state index contributed by atoms with van der Waals surface area (Å²) in [6, 6.07) is 0. The molecule has 0 N–H and O–H groups in total. The lowest BCUT2D eigenvalue weighted by Crippen LogP contribution is -2.44. The van der Waals surface area contributed by atoms with Gasteiger partial charge in [-0.05, 0) is 38.6 Å². The van der Waals surface area contributed by atoms with Crippen LogP contribution < -0.4 is 0 Å². The number of hydrogen-bond acceptors (Lipinski definition) is 3. The Labute approximate surface area is 103 Å². The predicted molar refractivity (Wildman–Crippen MR) is 75.1 cm³/mol. The third kappa shape index (κ3) is 3.27. The Hall–Kier alpha value is 0.527. The van der Waals surface area contributed by atoms with Crippen molar-refractivity contribution in [1.29, 1.82) is 0 Å². The van der Waals surface area contributed by atoms with Crippen molar-refractivity contribution in [2.75, 3.05) is 27.2 Å². The van der Waals surface area contributed by atoms with Crippen molar-refractivity contribution in [2.45, 2.75) is 45.3 Å². The largest absolute Gasteiger partial charge is 0.372 e. The SMILES string of the molecule is CN1CCCN(C)P1O[Si](C)(C)C(C)(C)C. The summed E-state index contributed by atoms with van der Waals surface area (Å²) < 4.78 is 11.3. The maximum atomic E-state index is 6.52. The molecular weight excluding hydrogens is 235 g/mol. The first kappa shape index (κ1) is 14.6. The van der Waals surface area contributed by atoms with Crippen LogP contribution in [0.15, 0.2) is 0 Å². The molecular formula is C11H27N2OPSi. The van der Waals surface area contributed by atoms with E-state index in [9.17, 15) is 0 Å². The van der Waals surface area contributed by atoms with E-state index in [1.165, 1.54) is 19.5 Å². The van der Waals surface area contributed by atoms with Gasteiger partial charge in [-0.1, -0.05) is 20.8 Å². The normalized spacial score (nSPS) is 22.7. The maximum Gasteiger partial charge on any atom is 0.200 e. The summed E-state index contributed by atoms with van der Waals surface area (Å²) in [4.78, 5) is 0. The molecule has 0 spiro atoms. The standard InChI is InChI=1S/C11H27N2OPSi/c1-11(2,3)16(6,7)14-15-12(4)9-8-10-13(15)5/h8-10H2,1-7H3. The summed E-state index contributed by atoms with van der Waals surface area (Å²) in [5.41, 5.74) is 0. The zero-order valence-corrected chi connectivity index (χ0v) is 13.8. The van der Waals surface area contributed by atoms with E-state index in [-0.39, 0.29) is 0 Å². The maximum absolute atomic E-state index is 6.52. The van der Waals surface area contributed by atoms with Crippen molar-refractivity contribution in [3.8, 4) is 0 Å². The van der Waals surface area contributed by atoms with Crippen LogP contribution in [0.25, 0.3) is 0 Å². The molecule has 0 aliphatic carbocycles. The summed E-state index contributed by atoms with van der Waals surface area (Å²) in [6.07, 6.45) is 1.26. The fourth-order valence-electron chi connectivity index (χ4n) is 1.44. The van der Waals surface area contributed by atoms with Gasteiger partial charge in [-0.2, -0.15) is 0 Å². The average molecular weight is 262 g/mol. The van der Waals surface area contributed by atoms with E-state index in [0.717, 1.165) is 0 Å². The van der Waals surface area contributed by atoms with Crippen molar-refractivity contribution < 1.29 is 4.21 Å². The molecule has 0 saturated carbocycles. The van der Waals surface area contributed by atoms with Gasteiger partial charge in [0.2, 0.25) is 0 Å². The molecule has 0 amide bonds. The Morgan fingerprint density at radius 2 is 1.50 bits per heavy atom. The topological polar surface area (TPSA) is 15.7 Å². The molecule has 0 atom stereocenters. The molecule has 0 unspecified atom stereocenters. The van der Waals surface area contributed by atoms with Crippen molar-refractivity contribution in [3.05, 3.63) is 0 Å². The third-order valence-corrected chi connectivity index (χ3v) is 11.3. The van der Waals surface area contributed by atoms with Crippen LogP contribution in [0.3, 0.4) is 0 Å². The smallest absolute Gasteiger partial charge is 0.200 e. The second-order valence-electron chi connectivity index (χ2n) is 6.22. The summed E-state index contributed by atoms with van der Waals surface area (Å²) in [7, 11) is 2.23. The van der Waals surface area contributed by atoms with Crippen LogP contribution in [0.1, 0.15) is 27.2 Å². The molecule has 1 saturated heterocycles. The van der Waals surface area contributed by atoms with Gasteiger partial charge in [0.1, 0.15) is 0 Å². The minimum Gasteiger partial charge on any atom is -0.372 e. The van der Waals surface area contributed by atoms with E-state index < -0.39 is 16.8 Å². The van der Waals surface area contributed by atoms with Crippen molar-refractivity contribution in [1.82, 2.24) is 9.34 Å². The lowest BCUT2D eigenvalue weighted by atomic mass is 10.2. The van der Waals surface area contributed by atoms with Gasteiger partial charge in [0.05, 0.1) is 0 Å². The first-order valence-corrected chi connectivity index (χ1v) is 10.1. The van der Waals surface area contributed by atoms with E-state index in [1.807, 2.05) is 0 Å². The first-order valence-electron chi connectivity index (χ1n) is 6.06. The van der Waals surface area contributed by atoms with Gasteiger partial charge >= 0.3 is 0 Å². The summed E-state index contributed by atoms with van der Waals surface area (Å²) >= 11 is 0. The molecule has 1 rings (SSSR count). The molecule has 0 aromatic heterocycles. The summed E-state index contributed by atoms with van der Waals surface area (Å²) in [5, 5.41) is 0.300. The van der Waals surface area contributed by atoms with E-state index in [4.69, 9.17) is 4.21 Å². The van der Waals surface area contributed by atoms with Crippen LogP contribution in [0.4, 0.5) is 0 Å². The van der Waals surface area contributed by atoms with Gasteiger partial charge in [0.15, 0.2) is 16.8 Å². The van der Waals surface area contributed by atoms with E-state index in [2.05, 4.69) is 57.3 Å². The molecule has 1 aliphatic rings. The summed E-state index contributed by atoms with van der Waals surface area (Å²) in [6.45, 7) is 13.9. The Morgan fingerprint density at radius 3 is 1.88 bits per heavy atom. The minimum absolute atomic E-state index is 0.300. The van der Waals surface area contributed by atoms with Crippen molar-refractivity contribution >= 4 is 16.8 Å². The molecule has 0 radical (unpaired) electrons. The number of nitrogens with zero attached hydrogens (tertiary/aromatic N) is 2.